The number of pyridine rings is 1. The number of benzene rings is 1. The van der Waals surface area contributed by atoms with E-state index in [9.17, 15) is 0 Å². The van der Waals surface area contributed by atoms with Crippen molar-refractivity contribution >= 4 is 18.0 Å². The molecule has 4 rings (SSSR count). The molecule has 0 spiro atoms. The third kappa shape index (κ3) is 3.31. The summed E-state index contributed by atoms with van der Waals surface area (Å²) >= 11 is 0. The lowest BCUT2D eigenvalue weighted by Gasteiger charge is -2.08. The lowest BCUT2D eigenvalue weighted by atomic mass is 9.97. The molecule has 1 aliphatic heterocycles. The summed E-state index contributed by atoms with van der Waals surface area (Å²) < 4.78 is 11.0. The van der Waals surface area contributed by atoms with Gasteiger partial charge in [0.2, 0.25) is 5.90 Å². The molecule has 0 unspecified atom stereocenters. The molecule has 0 saturated carbocycles. The maximum absolute atomic E-state index is 5.52. The number of aromatic nitrogens is 1. The summed E-state index contributed by atoms with van der Waals surface area (Å²) in [6, 6.07) is 10.2. The molecule has 4 heteroatoms. The third-order valence-electron chi connectivity index (χ3n) is 4.43. The van der Waals surface area contributed by atoms with Crippen molar-refractivity contribution < 1.29 is 9.15 Å². The van der Waals surface area contributed by atoms with Gasteiger partial charge in [0.1, 0.15) is 12.4 Å². The lowest BCUT2D eigenvalue weighted by Crippen LogP contribution is -2.01. The number of hydrogen-bond donors (Lipinski definition) is 0. The van der Waals surface area contributed by atoms with Crippen LogP contribution >= 0.6 is 0 Å². The van der Waals surface area contributed by atoms with Crippen LogP contribution in [0.3, 0.4) is 0 Å². The Kier molecular flexibility index (Phi) is 4.40. The van der Waals surface area contributed by atoms with Crippen LogP contribution in [-0.4, -0.2) is 24.0 Å². The Morgan fingerprint density at radius 1 is 1.00 bits per heavy atom. The molecule has 1 aromatic carbocycles. The molecule has 0 radical (unpaired) electrons. The summed E-state index contributed by atoms with van der Waals surface area (Å²) in [5.41, 5.74) is 6.67. The van der Waals surface area contributed by atoms with Gasteiger partial charge in [-0.1, -0.05) is 12.2 Å². The highest BCUT2D eigenvalue weighted by Gasteiger charge is 2.11. The van der Waals surface area contributed by atoms with Crippen molar-refractivity contribution in [3.63, 3.8) is 0 Å². The zero-order valence-electron chi connectivity index (χ0n) is 14.9. The number of nitrogens with zero attached hydrogens (tertiary/aromatic N) is 2. The summed E-state index contributed by atoms with van der Waals surface area (Å²) in [7, 11) is 0. The van der Waals surface area contributed by atoms with Gasteiger partial charge in [0.05, 0.1) is 18.4 Å². The van der Waals surface area contributed by atoms with Gasteiger partial charge in [0.25, 0.3) is 0 Å². The second kappa shape index (κ2) is 7.00. The molecule has 0 fully saturated rings. The minimum Gasteiger partial charge on any atom is -0.475 e. The molecule has 3 heterocycles. The molecule has 0 saturated heterocycles. The SMILES string of the molecule is Cc1cc(-c2ccco2)cc(C)c1/C=C/c1cncc(C2=NCCO2)c1. The smallest absolute Gasteiger partial charge is 0.217 e. The average Bonchev–Trinajstić information content (AvgIpc) is 3.35. The molecule has 0 amide bonds. The fraction of sp³-hybridized carbons (Fsp3) is 0.182. The maximum atomic E-state index is 5.52. The largest absolute Gasteiger partial charge is 0.475 e. The van der Waals surface area contributed by atoms with Gasteiger partial charge in [0, 0.05) is 18.0 Å². The van der Waals surface area contributed by atoms with Crippen molar-refractivity contribution in [2.75, 3.05) is 13.2 Å². The molecule has 3 aromatic rings. The topological polar surface area (TPSA) is 47.6 Å². The van der Waals surface area contributed by atoms with Gasteiger partial charge in [-0.25, -0.2) is 4.99 Å². The molecule has 0 atom stereocenters. The number of aliphatic imine (C=N–C) groups is 1. The second-order valence-corrected chi connectivity index (χ2v) is 6.38. The normalized spacial score (nSPS) is 13.8. The Hall–Kier alpha value is -3.14. The highest BCUT2D eigenvalue weighted by atomic mass is 16.5. The van der Waals surface area contributed by atoms with E-state index < -0.39 is 0 Å². The predicted molar refractivity (Wildman–Crippen MR) is 104 cm³/mol. The van der Waals surface area contributed by atoms with Crippen molar-refractivity contribution in [2.24, 2.45) is 4.99 Å². The maximum Gasteiger partial charge on any atom is 0.217 e. The molecular weight excluding hydrogens is 324 g/mol. The zero-order valence-corrected chi connectivity index (χ0v) is 14.9. The predicted octanol–water partition coefficient (Wildman–Crippen LogP) is 4.91. The van der Waals surface area contributed by atoms with Crippen LogP contribution in [0.15, 0.2) is 58.4 Å². The van der Waals surface area contributed by atoms with E-state index in [1.54, 1.807) is 12.5 Å². The van der Waals surface area contributed by atoms with Gasteiger partial charge in [-0.3, -0.25) is 4.98 Å². The number of hydrogen-bond acceptors (Lipinski definition) is 4. The van der Waals surface area contributed by atoms with E-state index in [1.165, 1.54) is 16.7 Å². The van der Waals surface area contributed by atoms with Gasteiger partial charge in [-0.2, -0.15) is 0 Å². The van der Waals surface area contributed by atoms with Crippen LogP contribution in [0.1, 0.15) is 27.8 Å². The van der Waals surface area contributed by atoms with Crippen LogP contribution in [0, 0.1) is 13.8 Å². The quantitative estimate of drug-likeness (QED) is 0.676. The zero-order chi connectivity index (χ0) is 17.9. The van der Waals surface area contributed by atoms with E-state index in [2.05, 4.69) is 54.2 Å². The van der Waals surface area contributed by atoms with E-state index in [0.717, 1.165) is 29.0 Å². The molecular formula is C22H20N2O2. The van der Waals surface area contributed by atoms with E-state index in [0.29, 0.717) is 12.5 Å². The molecule has 130 valence electrons. The summed E-state index contributed by atoms with van der Waals surface area (Å²) in [5, 5.41) is 0. The summed E-state index contributed by atoms with van der Waals surface area (Å²) in [4.78, 5) is 8.66. The van der Waals surface area contributed by atoms with Gasteiger partial charge in [0.15, 0.2) is 0 Å². The first-order valence-electron chi connectivity index (χ1n) is 8.66. The first-order chi connectivity index (χ1) is 12.7. The third-order valence-corrected chi connectivity index (χ3v) is 4.43. The van der Waals surface area contributed by atoms with Crippen molar-refractivity contribution in [1.29, 1.82) is 0 Å². The fourth-order valence-corrected chi connectivity index (χ4v) is 3.18. The number of furan rings is 1. The Balaban J connectivity index is 1.62. The van der Waals surface area contributed by atoms with Crippen LogP contribution in [-0.2, 0) is 4.74 Å². The monoisotopic (exact) mass is 344 g/mol. The van der Waals surface area contributed by atoms with Crippen LogP contribution in [0.2, 0.25) is 0 Å². The standard InChI is InChI=1S/C22H20N2O2/c1-15-10-18(21-4-3-8-25-21)11-16(2)20(15)6-5-17-12-19(14-23-13-17)22-24-7-9-26-22/h3-6,8,10-14H,7,9H2,1-2H3/b6-5+. The molecule has 4 nitrogen and oxygen atoms in total. The van der Waals surface area contributed by atoms with Crippen LogP contribution in [0.25, 0.3) is 23.5 Å². The second-order valence-electron chi connectivity index (χ2n) is 6.38. The van der Waals surface area contributed by atoms with Gasteiger partial charge in [-0.05, 0) is 66.4 Å². The highest BCUT2D eigenvalue weighted by Crippen LogP contribution is 2.27. The molecule has 26 heavy (non-hydrogen) atoms. The molecule has 0 aliphatic carbocycles. The summed E-state index contributed by atoms with van der Waals surface area (Å²) in [6.07, 6.45) is 9.54. The Morgan fingerprint density at radius 3 is 2.54 bits per heavy atom. The van der Waals surface area contributed by atoms with E-state index in [4.69, 9.17) is 9.15 Å². The van der Waals surface area contributed by atoms with Gasteiger partial charge in [-0.15, -0.1) is 0 Å². The van der Waals surface area contributed by atoms with Crippen LogP contribution in [0.4, 0.5) is 0 Å². The summed E-state index contributed by atoms with van der Waals surface area (Å²) in [6.45, 7) is 5.61. The van der Waals surface area contributed by atoms with E-state index in [1.807, 2.05) is 18.3 Å². The Morgan fingerprint density at radius 2 is 1.85 bits per heavy atom. The molecule has 0 N–H and O–H groups in total. The van der Waals surface area contributed by atoms with E-state index >= 15 is 0 Å². The Labute approximate surface area is 152 Å². The van der Waals surface area contributed by atoms with Crippen molar-refractivity contribution in [2.45, 2.75) is 13.8 Å². The minimum atomic E-state index is 0.649. The molecule has 0 bridgehead atoms. The minimum absolute atomic E-state index is 0.649. The molecule has 2 aromatic heterocycles. The fourth-order valence-electron chi connectivity index (χ4n) is 3.18. The number of aryl methyl sites for hydroxylation is 2. The van der Waals surface area contributed by atoms with Crippen LogP contribution < -0.4 is 0 Å². The summed E-state index contributed by atoms with van der Waals surface area (Å²) in [5.74, 6) is 1.57. The first kappa shape index (κ1) is 16.3. The van der Waals surface area contributed by atoms with Crippen molar-refractivity contribution in [1.82, 2.24) is 4.98 Å². The van der Waals surface area contributed by atoms with Crippen LogP contribution in [0.5, 0.6) is 0 Å². The first-order valence-corrected chi connectivity index (χ1v) is 8.66. The number of rotatable bonds is 4. The van der Waals surface area contributed by atoms with Gasteiger partial charge < -0.3 is 9.15 Å². The van der Waals surface area contributed by atoms with Crippen molar-refractivity contribution in [3.05, 3.63) is 76.8 Å². The molecule has 1 aliphatic rings. The van der Waals surface area contributed by atoms with Gasteiger partial charge >= 0.3 is 0 Å². The van der Waals surface area contributed by atoms with E-state index in [-0.39, 0.29) is 0 Å². The van der Waals surface area contributed by atoms with Crippen molar-refractivity contribution in [3.8, 4) is 11.3 Å². The Bertz CT molecular complexity index is 962. The lowest BCUT2D eigenvalue weighted by molar-refractivity contribution is 0.348. The highest BCUT2D eigenvalue weighted by molar-refractivity contribution is 5.95. The number of ether oxygens (including phenoxy) is 1. The average molecular weight is 344 g/mol.